The van der Waals surface area contributed by atoms with E-state index in [4.69, 9.17) is 16.3 Å². The summed E-state index contributed by atoms with van der Waals surface area (Å²) in [5.41, 5.74) is 6.60. The Bertz CT molecular complexity index is 398. The SMILES string of the molecule is N#Cc1ccc(N)c(Br)c1C#N. The fourth-order valence-corrected chi connectivity index (χ4v) is 1.23. The Hall–Kier alpha value is -1.52. The fraction of sp³-hybridized carbons (Fsp3) is 0. The lowest BCUT2D eigenvalue weighted by atomic mass is 10.1. The van der Waals surface area contributed by atoms with E-state index in [1.54, 1.807) is 6.07 Å². The van der Waals surface area contributed by atoms with E-state index in [0.29, 0.717) is 15.7 Å². The highest BCUT2D eigenvalue weighted by atomic mass is 79.9. The zero-order chi connectivity index (χ0) is 9.14. The van der Waals surface area contributed by atoms with Crippen molar-refractivity contribution in [3.05, 3.63) is 27.7 Å². The normalized spacial score (nSPS) is 8.58. The van der Waals surface area contributed by atoms with E-state index in [2.05, 4.69) is 15.9 Å². The van der Waals surface area contributed by atoms with Crippen molar-refractivity contribution in [1.29, 1.82) is 10.5 Å². The molecule has 0 saturated heterocycles. The standard InChI is InChI=1S/C8H4BrN3/c9-8-6(4-11)5(3-10)1-2-7(8)12/h1-2H,12H2. The van der Waals surface area contributed by atoms with Crippen molar-refractivity contribution in [3.8, 4) is 12.1 Å². The van der Waals surface area contributed by atoms with Gasteiger partial charge in [-0.2, -0.15) is 10.5 Å². The van der Waals surface area contributed by atoms with Crippen LogP contribution in [0.3, 0.4) is 0 Å². The summed E-state index contributed by atoms with van der Waals surface area (Å²) in [7, 11) is 0. The van der Waals surface area contributed by atoms with E-state index >= 15 is 0 Å². The minimum absolute atomic E-state index is 0.289. The highest BCUT2D eigenvalue weighted by Gasteiger charge is 2.07. The van der Waals surface area contributed by atoms with Crippen LogP contribution >= 0.6 is 15.9 Å². The number of anilines is 1. The zero-order valence-corrected chi connectivity index (χ0v) is 7.59. The molecule has 0 spiro atoms. The van der Waals surface area contributed by atoms with E-state index in [0.717, 1.165) is 0 Å². The number of halogens is 1. The second-order valence-corrected chi connectivity index (χ2v) is 2.91. The summed E-state index contributed by atoms with van der Waals surface area (Å²) in [6, 6.07) is 6.93. The Labute approximate surface area is 78.2 Å². The molecule has 0 atom stereocenters. The number of rotatable bonds is 0. The molecule has 2 N–H and O–H groups in total. The van der Waals surface area contributed by atoms with Crippen molar-refractivity contribution in [1.82, 2.24) is 0 Å². The molecule has 0 radical (unpaired) electrons. The maximum absolute atomic E-state index is 8.67. The third kappa shape index (κ3) is 1.25. The maximum atomic E-state index is 8.67. The van der Waals surface area contributed by atoms with Crippen LogP contribution in [-0.4, -0.2) is 0 Å². The number of nitriles is 2. The third-order valence-corrected chi connectivity index (χ3v) is 2.26. The monoisotopic (exact) mass is 221 g/mol. The van der Waals surface area contributed by atoms with Gasteiger partial charge in [-0.05, 0) is 28.1 Å². The molecule has 0 amide bonds. The summed E-state index contributed by atoms with van der Waals surface area (Å²) in [6.07, 6.45) is 0. The van der Waals surface area contributed by atoms with Gasteiger partial charge in [0.1, 0.15) is 12.1 Å². The average Bonchev–Trinajstić information content (AvgIpc) is 2.09. The van der Waals surface area contributed by atoms with Gasteiger partial charge in [0.25, 0.3) is 0 Å². The van der Waals surface area contributed by atoms with Crippen LogP contribution in [0, 0.1) is 22.7 Å². The van der Waals surface area contributed by atoms with E-state index in [1.807, 2.05) is 12.1 Å². The Morgan fingerprint density at radius 3 is 2.42 bits per heavy atom. The number of hydrogen-bond donors (Lipinski definition) is 1. The highest BCUT2D eigenvalue weighted by Crippen LogP contribution is 2.25. The maximum Gasteiger partial charge on any atom is 0.102 e. The van der Waals surface area contributed by atoms with Crippen LogP contribution in [-0.2, 0) is 0 Å². The van der Waals surface area contributed by atoms with Crippen LogP contribution in [0.15, 0.2) is 16.6 Å². The van der Waals surface area contributed by atoms with E-state index in [-0.39, 0.29) is 5.56 Å². The van der Waals surface area contributed by atoms with Crippen molar-refractivity contribution >= 4 is 21.6 Å². The molecule has 0 heterocycles. The second-order valence-electron chi connectivity index (χ2n) is 2.11. The molecular weight excluding hydrogens is 218 g/mol. The number of nitrogen functional groups attached to an aromatic ring is 1. The van der Waals surface area contributed by atoms with Crippen molar-refractivity contribution in [2.45, 2.75) is 0 Å². The first-order valence-corrected chi connectivity index (χ1v) is 3.88. The molecule has 3 nitrogen and oxygen atoms in total. The van der Waals surface area contributed by atoms with Gasteiger partial charge >= 0.3 is 0 Å². The zero-order valence-electron chi connectivity index (χ0n) is 6.00. The number of hydrogen-bond acceptors (Lipinski definition) is 3. The highest BCUT2D eigenvalue weighted by molar-refractivity contribution is 9.10. The van der Waals surface area contributed by atoms with Crippen molar-refractivity contribution in [2.24, 2.45) is 0 Å². The average molecular weight is 222 g/mol. The minimum atomic E-state index is 0.289. The first kappa shape index (κ1) is 8.58. The third-order valence-electron chi connectivity index (χ3n) is 1.40. The molecule has 0 bridgehead atoms. The molecule has 1 aromatic rings. The van der Waals surface area contributed by atoms with Crippen molar-refractivity contribution in [2.75, 3.05) is 5.73 Å². The van der Waals surface area contributed by atoms with Crippen LogP contribution < -0.4 is 5.73 Å². The first-order valence-electron chi connectivity index (χ1n) is 3.09. The van der Waals surface area contributed by atoms with Gasteiger partial charge in [0.15, 0.2) is 0 Å². The summed E-state index contributed by atoms with van der Waals surface area (Å²) in [4.78, 5) is 0. The lowest BCUT2D eigenvalue weighted by Gasteiger charge is -2.00. The van der Waals surface area contributed by atoms with Gasteiger partial charge in [0.05, 0.1) is 15.6 Å². The molecule has 0 aliphatic heterocycles. The molecule has 58 valence electrons. The van der Waals surface area contributed by atoms with E-state index in [1.165, 1.54) is 6.07 Å². The quantitative estimate of drug-likeness (QED) is 0.679. The van der Waals surface area contributed by atoms with Gasteiger partial charge in [-0.25, -0.2) is 0 Å². The Kier molecular flexibility index (Phi) is 2.32. The van der Waals surface area contributed by atoms with Gasteiger partial charge in [0.2, 0.25) is 0 Å². The lowest BCUT2D eigenvalue weighted by molar-refractivity contribution is 1.41. The van der Waals surface area contributed by atoms with Crippen molar-refractivity contribution in [3.63, 3.8) is 0 Å². The molecule has 1 rings (SSSR count). The number of nitrogens with zero attached hydrogens (tertiary/aromatic N) is 2. The van der Waals surface area contributed by atoms with Crippen LogP contribution in [0.1, 0.15) is 11.1 Å². The summed E-state index contributed by atoms with van der Waals surface area (Å²) in [5, 5.41) is 17.3. The number of benzene rings is 1. The lowest BCUT2D eigenvalue weighted by Crippen LogP contribution is -1.92. The van der Waals surface area contributed by atoms with Crippen molar-refractivity contribution < 1.29 is 0 Å². The molecule has 4 heteroatoms. The predicted molar refractivity (Wildman–Crippen MR) is 48.0 cm³/mol. The topological polar surface area (TPSA) is 73.6 Å². The molecule has 0 saturated carbocycles. The van der Waals surface area contributed by atoms with Gasteiger partial charge in [0, 0.05) is 5.69 Å². The molecule has 0 fully saturated rings. The summed E-state index contributed by atoms with van der Waals surface area (Å²) in [5.74, 6) is 0. The Morgan fingerprint density at radius 2 is 1.92 bits per heavy atom. The molecule has 0 aromatic heterocycles. The van der Waals surface area contributed by atoms with Gasteiger partial charge in [-0.15, -0.1) is 0 Å². The summed E-state index contributed by atoms with van der Waals surface area (Å²) < 4.78 is 0.490. The Balaban J connectivity index is 3.52. The van der Waals surface area contributed by atoms with Gasteiger partial charge in [-0.1, -0.05) is 0 Å². The molecule has 0 unspecified atom stereocenters. The molecular formula is C8H4BrN3. The van der Waals surface area contributed by atoms with Crippen LogP contribution in [0.4, 0.5) is 5.69 Å². The smallest absolute Gasteiger partial charge is 0.102 e. The second kappa shape index (κ2) is 3.25. The fourth-order valence-electron chi connectivity index (χ4n) is 0.795. The summed E-state index contributed by atoms with van der Waals surface area (Å²) >= 11 is 3.13. The van der Waals surface area contributed by atoms with Gasteiger partial charge < -0.3 is 5.73 Å². The summed E-state index contributed by atoms with van der Waals surface area (Å²) in [6.45, 7) is 0. The largest absolute Gasteiger partial charge is 0.398 e. The van der Waals surface area contributed by atoms with Crippen LogP contribution in [0.5, 0.6) is 0 Å². The molecule has 12 heavy (non-hydrogen) atoms. The minimum Gasteiger partial charge on any atom is -0.398 e. The van der Waals surface area contributed by atoms with Gasteiger partial charge in [-0.3, -0.25) is 0 Å². The van der Waals surface area contributed by atoms with Crippen LogP contribution in [0.2, 0.25) is 0 Å². The molecule has 0 aliphatic rings. The van der Waals surface area contributed by atoms with E-state index in [9.17, 15) is 0 Å². The predicted octanol–water partition coefficient (Wildman–Crippen LogP) is 1.77. The first-order chi connectivity index (χ1) is 5.70. The van der Waals surface area contributed by atoms with E-state index < -0.39 is 0 Å². The van der Waals surface area contributed by atoms with Crippen LogP contribution in [0.25, 0.3) is 0 Å². The Morgan fingerprint density at radius 1 is 1.25 bits per heavy atom. The molecule has 0 aliphatic carbocycles. The molecule has 1 aromatic carbocycles. The number of nitrogens with two attached hydrogens (primary N) is 1.